The molecule has 3 N–H and O–H groups in total. The first-order chi connectivity index (χ1) is 9.91. The second-order valence-corrected chi connectivity index (χ2v) is 5.18. The van der Waals surface area contributed by atoms with E-state index in [0.29, 0.717) is 25.3 Å². The minimum atomic E-state index is -4.44. The van der Waals surface area contributed by atoms with Crippen molar-refractivity contribution in [3.8, 4) is 0 Å². The zero-order chi connectivity index (χ0) is 15.5. The molecular weight excluding hydrogens is 283 g/mol. The molecule has 1 aliphatic heterocycles. The average molecular weight is 303 g/mol. The summed E-state index contributed by atoms with van der Waals surface area (Å²) >= 11 is 0. The van der Waals surface area contributed by atoms with Crippen LogP contribution in [0.25, 0.3) is 0 Å². The van der Waals surface area contributed by atoms with Gasteiger partial charge in [0.2, 0.25) is 0 Å². The lowest BCUT2D eigenvalue weighted by atomic mass is 10.1. The van der Waals surface area contributed by atoms with Gasteiger partial charge in [-0.15, -0.1) is 0 Å². The van der Waals surface area contributed by atoms with Crippen LogP contribution in [0.1, 0.15) is 12.0 Å². The van der Waals surface area contributed by atoms with Gasteiger partial charge in [0, 0.05) is 37.6 Å². The Bertz CT molecular complexity index is 479. The van der Waals surface area contributed by atoms with E-state index in [1.165, 1.54) is 6.07 Å². The van der Waals surface area contributed by atoms with E-state index in [1.807, 2.05) is 4.90 Å². The SMILES string of the molecule is Nc1ccc(N2CCCN(CCO)CC2)cc1C(F)(F)F. The largest absolute Gasteiger partial charge is 0.418 e. The first kappa shape index (κ1) is 15.9. The van der Waals surface area contributed by atoms with Crippen LogP contribution >= 0.6 is 0 Å². The number of benzene rings is 1. The van der Waals surface area contributed by atoms with Gasteiger partial charge in [0.25, 0.3) is 0 Å². The zero-order valence-electron chi connectivity index (χ0n) is 11.7. The Morgan fingerprint density at radius 3 is 2.57 bits per heavy atom. The molecule has 0 unspecified atom stereocenters. The number of hydrogen-bond acceptors (Lipinski definition) is 4. The molecule has 7 heteroatoms. The van der Waals surface area contributed by atoms with Crippen molar-refractivity contribution in [2.75, 3.05) is 50.0 Å². The summed E-state index contributed by atoms with van der Waals surface area (Å²) in [5.74, 6) is 0. The number of rotatable bonds is 3. The highest BCUT2D eigenvalue weighted by molar-refractivity contribution is 5.59. The van der Waals surface area contributed by atoms with Gasteiger partial charge in [-0.25, -0.2) is 0 Å². The molecule has 4 nitrogen and oxygen atoms in total. The third kappa shape index (κ3) is 4.01. The average Bonchev–Trinajstić information content (AvgIpc) is 2.64. The van der Waals surface area contributed by atoms with Gasteiger partial charge >= 0.3 is 6.18 Å². The van der Waals surface area contributed by atoms with Gasteiger partial charge in [-0.1, -0.05) is 0 Å². The van der Waals surface area contributed by atoms with Crippen LogP contribution in [-0.4, -0.2) is 49.3 Å². The van der Waals surface area contributed by atoms with Gasteiger partial charge in [-0.05, 0) is 31.2 Å². The number of nitrogens with two attached hydrogens (primary N) is 1. The number of anilines is 2. The second-order valence-electron chi connectivity index (χ2n) is 5.18. The van der Waals surface area contributed by atoms with Crippen molar-refractivity contribution >= 4 is 11.4 Å². The fourth-order valence-electron chi connectivity index (χ4n) is 2.58. The molecule has 0 atom stereocenters. The first-order valence-corrected chi connectivity index (χ1v) is 6.96. The minimum Gasteiger partial charge on any atom is -0.398 e. The normalized spacial score (nSPS) is 17.8. The molecule has 0 aliphatic carbocycles. The van der Waals surface area contributed by atoms with Crippen molar-refractivity contribution in [1.29, 1.82) is 0 Å². The molecule has 1 heterocycles. The smallest absolute Gasteiger partial charge is 0.398 e. The van der Waals surface area contributed by atoms with Gasteiger partial charge in [0.05, 0.1) is 12.2 Å². The number of alkyl halides is 3. The maximum Gasteiger partial charge on any atom is 0.418 e. The van der Waals surface area contributed by atoms with Crippen molar-refractivity contribution in [2.45, 2.75) is 12.6 Å². The molecule has 118 valence electrons. The Kier molecular flexibility index (Phi) is 4.95. The molecule has 1 aromatic carbocycles. The van der Waals surface area contributed by atoms with Crippen LogP contribution in [0, 0.1) is 0 Å². The predicted octanol–water partition coefficient (Wildman–Crippen LogP) is 1.79. The molecular formula is C14H20F3N3O. The fraction of sp³-hybridized carbons (Fsp3) is 0.571. The highest BCUT2D eigenvalue weighted by Crippen LogP contribution is 2.36. The molecule has 1 fully saturated rings. The maximum absolute atomic E-state index is 12.9. The van der Waals surface area contributed by atoms with Crippen molar-refractivity contribution in [3.63, 3.8) is 0 Å². The van der Waals surface area contributed by atoms with Crippen molar-refractivity contribution < 1.29 is 18.3 Å². The molecule has 21 heavy (non-hydrogen) atoms. The van der Waals surface area contributed by atoms with E-state index in [0.717, 1.165) is 25.6 Å². The molecule has 1 saturated heterocycles. The molecule has 0 bridgehead atoms. The lowest BCUT2D eigenvalue weighted by Gasteiger charge is -2.24. The summed E-state index contributed by atoms with van der Waals surface area (Å²) in [5, 5.41) is 8.96. The van der Waals surface area contributed by atoms with Crippen LogP contribution < -0.4 is 10.6 Å². The molecule has 1 aliphatic rings. The summed E-state index contributed by atoms with van der Waals surface area (Å²) in [6, 6.07) is 4.07. The summed E-state index contributed by atoms with van der Waals surface area (Å²) < 4.78 is 38.7. The third-order valence-electron chi connectivity index (χ3n) is 3.71. The number of aliphatic hydroxyl groups excluding tert-OH is 1. The number of nitrogen functional groups attached to an aromatic ring is 1. The Morgan fingerprint density at radius 1 is 1.14 bits per heavy atom. The Morgan fingerprint density at radius 2 is 1.90 bits per heavy atom. The zero-order valence-corrected chi connectivity index (χ0v) is 11.7. The summed E-state index contributed by atoms with van der Waals surface area (Å²) in [6.07, 6.45) is -3.58. The number of β-amino-alcohol motifs (C(OH)–C–C–N with tert-alkyl or cyclic N) is 1. The van der Waals surface area contributed by atoms with Crippen LogP contribution in [0.2, 0.25) is 0 Å². The fourth-order valence-corrected chi connectivity index (χ4v) is 2.58. The monoisotopic (exact) mass is 303 g/mol. The van der Waals surface area contributed by atoms with Crippen LogP contribution in [0.15, 0.2) is 18.2 Å². The summed E-state index contributed by atoms with van der Waals surface area (Å²) in [4.78, 5) is 4.05. The van der Waals surface area contributed by atoms with Crippen LogP contribution in [-0.2, 0) is 6.18 Å². The Labute approximate surface area is 121 Å². The number of aliphatic hydroxyl groups is 1. The number of halogens is 3. The molecule has 1 aromatic rings. The van der Waals surface area contributed by atoms with E-state index in [1.54, 1.807) is 6.07 Å². The summed E-state index contributed by atoms with van der Waals surface area (Å²) in [5.41, 5.74) is 4.94. The minimum absolute atomic E-state index is 0.0973. The molecule has 0 saturated carbocycles. The second kappa shape index (κ2) is 6.53. The lowest BCUT2D eigenvalue weighted by molar-refractivity contribution is -0.136. The van der Waals surface area contributed by atoms with Gasteiger partial charge in [0.15, 0.2) is 0 Å². The van der Waals surface area contributed by atoms with Crippen LogP contribution in [0.3, 0.4) is 0 Å². The Balaban J connectivity index is 2.15. The van der Waals surface area contributed by atoms with E-state index < -0.39 is 11.7 Å². The highest BCUT2D eigenvalue weighted by atomic mass is 19.4. The van der Waals surface area contributed by atoms with Gasteiger partial charge < -0.3 is 15.7 Å². The molecule has 0 spiro atoms. The van der Waals surface area contributed by atoms with E-state index >= 15 is 0 Å². The quantitative estimate of drug-likeness (QED) is 0.836. The van der Waals surface area contributed by atoms with E-state index in [4.69, 9.17) is 10.8 Å². The molecule has 0 aromatic heterocycles. The topological polar surface area (TPSA) is 52.7 Å². The molecule has 0 amide bonds. The first-order valence-electron chi connectivity index (χ1n) is 6.96. The van der Waals surface area contributed by atoms with Crippen molar-refractivity contribution in [1.82, 2.24) is 4.90 Å². The molecule has 0 radical (unpaired) electrons. The predicted molar refractivity (Wildman–Crippen MR) is 76.2 cm³/mol. The van der Waals surface area contributed by atoms with Crippen LogP contribution in [0.4, 0.5) is 24.5 Å². The third-order valence-corrected chi connectivity index (χ3v) is 3.71. The number of hydrogen-bond donors (Lipinski definition) is 2. The van der Waals surface area contributed by atoms with E-state index in [-0.39, 0.29) is 12.3 Å². The van der Waals surface area contributed by atoms with Gasteiger partial charge in [-0.2, -0.15) is 13.2 Å². The van der Waals surface area contributed by atoms with E-state index in [2.05, 4.69) is 4.90 Å². The maximum atomic E-state index is 12.9. The molecule has 2 rings (SSSR count). The van der Waals surface area contributed by atoms with Gasteiger partial charge in [0.1, 0.15) is 0 Å². The summed E-state index contributed by atoms with van der Waals surface area (Å²) in [7, 11) is 0. The number of nitrogens with zero attached hydrogens (tertiary/aromatic N) is 2. The Hall–Kier alpha value is -1.47. The van der Waals surface area contributed by atoms with E-state index in [9.17, 15) is 13.2 Å². The highest BCUT2D eigenvalue weighted by Gasteiger charge is 2.33. The standard InChI is InChI=1S/C14H20F3N3O/c15-14(16,17)12-10-11(2-3-13(12)18)20-5-1-4-19(6-7-20)8-9-21/h2-3,10,21H,1,4-9,18H2. The van der Waals surface area contributed by atoms with Crippen molar-refractivity contribution in [2.24, 2.45) is 0 Å². The van der Waals surface area contributed by atoms with Crippen LogP contribution in [0.5, 0.6) is 0 Å². The van der Waals surface area contributed by atoms with Crippen molar-refractivity contribution in [3.05, 3.63) is 23.8 Å². The van der Waals surface area contributed by atoms with Gasteiger partial charge in [-0.3, -0.25) is 4.90 Å². The lowest BCUT2D eigenvalue weighted by Crippen LogP contribution is -2.32. The summed E-state index contributed by atoms with van der Waals surface area (Å²) in [6.45, 7) is 3.61.